The van der Waals surface area contributed by atoms with Crippen LogP contribution < -0.4 is 5.32 Å². The Balaban J connectivity index is 2.65. The lowest BCUT2D eigenvalue weighted by Gasteiger charge is -2.13. The van der Waals surface area contributed by atoms with Crippen LogP contribution in [0.25, 0.3) is 0 Å². The summed E-state index contributed by atoms with van der Waals surface area (Å²) in [4.78, 5) is 22.5. The summed E-state index contributed by atoms with van der Waals surface area (Å²) < 4.78 is 0. The van der Waals surface area contributed by atoms with Crippen molar-refractivity contribution in [1.29, 1.82) is 0 Å². The minimum absolute atomic E-state index is 0.346. The van der Waals surface area contributed by atoms with Crippen molar-refractivity contribution in [1.82, 2.24) is 5.32 Å². The predicted molar refractivity (Wildman–Crippen MR) is 60.2 cm³/mol. The van der Waals surface area contributed by atoms with E-state index >= 15 is 0 Å². The lowest BCUT2D eigenvalue weighted by atomic mass is 10.1. The third-order valence-corrected chi connectivity index (χ3v) is 2.22. The van der Waals surface area contributed by atoms with Gasteiger partial charge in [-0.25, -0.2) is 4.79 Å². The molecule has 0 saturated heterocycles. The molecule has 16 heavy (non-hydrogen) atoms. The highest BCUT2D eigenvalue weighted by Crippen LogP contribution is 2.02. The van der Waals surface area contributed by atoms with Gasteiger partial charge in [0.2, 0.25) is 0 Å². The topological polar surface area (TPSA) is 66.4 Å². The zero-order chi connectivity index (χ0) is 12.0. The average molecular weight is 221 g/mol. The molecule has 1 rings (SSSR count). The van der Waals surface area contributed by atoms with Crippen LogP contribution in [0.3, 0.4) is 0 Å². The lowest BCUT2D eigenvalue weighted by Crippen LogP contribution is -2.40. The van der Waals surface area contributed by atoms with E-state index < -0.39 is 12.0 Å². The molecule has 2 N–H and O–H groups in total. The van der Waals surface area contributed by atoms with Crippen LogP contribution in [-0.2, 0) is 4.79 Å². The van der Waals surface area contributed by atoms with E-state index in [1.165, 1.54) is 0 Å². The van der Waals surface area contributed by atoms with Gasteiger partial charge in [0, 0.05) is 5.56 Å². The van der Waals surface area contributed by atoms with Gasteiger partial charge in [-0.2, -0.15) is 0 Å². The highest BCUT2D eigenvalue weighted by Gasteiger charge is 2.19. The number of amides is 1. The highest BCUT2D eigenvalue weighted by molar-refractivity contribution is 5.96. The molecule has 0 unspecified atom stereocenters. The molecule has 1 aromatic carbocycles. The summed E-state index contributed by atoms with van der Waals surface area (Å²) in [5.41, 5.74) is 0.477. The number of nitrogens with one attached hydrogen (secondary N) is 1. The SMILES string of the molecule is CCC[C@@H](NC(=O)c1ccccc1)C(=O)O. The van der Waals surface area contributed by atoms with Crippen LogP contribution in [0.1, 0.15) is 30.1 Å². The highest BCUT2D eigenvalue weighted by atomic mass is 16.4. The average Bonchev–Trinajstić information content (AvgIpc) is 2.29. The van der Waals surface area contributed by atoms with E-state index in [-0.39, 0.29) is 5.91 Å². The maximum absolute atomic E-state index is 11.7. The van der Waals surface area contributed by atoms with Crippen molar-refractivity contribution in [3.63, 3.8) is 0 Å². The smallest absolute Gasteiger partial charge is 0.326 e. The monoisotopic (exact) mass is 221 g/mol. The molecule has 4 nitrogen and oxygen atoms in total. The van der Waals surface area contributed by atoms with Crippen LogP contribution >= 0.6 is 0 Å². The molecule has 0 aliphatic carbocycles. The van der Waals surface area contributed by atoms with Gasteiger partial charge in [-0.05, 0) is 18.6 Å². The van der Waals surface area contributed by atoms with Gasteiger partial charge in [0.15, 0.2) is 0 Å². The quantitative estimate of drug-likeness (QED) is 0.794. The van der Waals surface area contributed by atoms with Gasteiger partial charge in [0.1, 0.15) is 6.04 Å². The number of carbonyl (C=O) groups excluding carboxylic acids is 1. The van der Waals surface area contributed by atoms with Gasteiger partial charge in [-0.1, -0.05) is 31.5 Å². The fourth-order valence-corrected chi connectivity index (χ4v) is 1.38. The van der Waals surface area contributed by atoms with E-state index in [0.29, 0.717) is 18.4 Å². The molecular formula is C12H15NO3. The van der Waals surface area contributed by atoms with Crippen LogP contribution in [0, 0.1) is 0 Å². The molecule has 0 radical (unpaired) electrons. The van der Waals surface area contributed by atoms with E-state index in [1.807, 2.05) is 6.92 Å². The van der Waals surface area contributed by atoms with E-state index in [0.717, 1.165) is 0 Å². The van der Waals surface area contributed by atoms with Crippen molar-refractivity contribution < 1.29 is 14.7 Å². The number of rotatable bonds is 5. The lowest BCUT2D eigenvalue weighted by molar-refractivity contribution is -0.139. The molecule has 0 fully saturated rings. The number of hydrogen-bond acceptors (Lipinski definition) is 2. The molecule has 0 aliphatic heterocycles. The molecule has 1 amide bonds. The molecule has 0 aliphatic rings. The number of carboxylic acid groups (broad SMARTS) is 1. The van der Waals surface area contributed by atoms with Crippen LogP contribution in [0.2, 0.25) is 0 Å². The standard InChI is InChI=1S/C12H15NO3/c1-2-6-10(12(15)16)13-11(14)9-7-4-3-5-8-9/h3-5,7-8,10H,2,6H2,1H3,(H,13,14)(H,15,16)/t10-/m1/s1. The van der Waals surface area contributed by atoms with E-state index in [4.69, 9.17) is 5.11 Å². The molecule has 0 heterocycles. The maximum Gasteiger partial charge on any atom is 0.326 e. The molecule has 86 valence electrons. The zero-order valence-corrected chi connectivity index (χ0v) is 9.14. The minimum atomic E-state index is -0.994. The molecule has 4 heteroatoms. The van der Waals surface area contributed by atoms with Crippen LogP contribution in [0.15, 0.2) is 30.3 Å². The molecule has 1 aromatic rings. The van der Waals surface area contributed by atoms with Crippen molar-refractivity contribution in [2.45, 2.75) is 25.8 Å². The molecular weight excluding hydrogens is 206 g/mol. The maximum atomic E-state index is 11.7. The first-order valence-corrected chi connectivity index (χ1v) is 5.24. The van der Waals surface area contributed by atoms with Gasteiger partial charge in [0.25, 0.3) is 5.91 Å². The predicted octanol–water partition coefficient (Wildman–Crippen LogP) is 1.67. The number of benzene rings is 1. The molecule has 0 bridgehead atoms. The second kappa shape index (κ2) is 5.90. The summed E-state index contributed by atoms with van der Waals surface area (Å²) in [5.74, 6) is -1.34. The Kier molecular flexibility index (Phi) is 4.51. The number of aliphatic carboxylic acids is 1. The Morgan fingerprint density at radius 2 is 1.94 bits per heavy atom. The second-order valence-electron chi connectivity index (χ2n) is 3.52. The Labute approximate surface area is 94.3 Å². The summed E-state index contributed by atoms with van der Waals surface area (Å²) in [6, 6.07) is 7.78. The van der Waals surface area contributed by atoms with Gasteiger partial charge in [-0.15, -0.1) is 0 Å². The van der Waals surface area contributed by atoms with E-state index in [9.17, 15) is 9.59 Å². The van der Waals surface area contributed by atoms with Crippen molar-refractivity contribution in [2.75, 3.05) is 0 Å². The summed E-state index contributed by atoms with van der Waals surface area (Å²) in [5, 5.41) is 11.4. The molecule has 0 aromatic heterocycles. The molecule has 0 spiro atoms. The van der Waals surface area contributed by atoms with Crippen molar-refractivity contribution in [3.05, 3.63) is 35.9 Å². The van der Waals surface area contributed by atoms with Gasteiger partial charge >= 0.3 is 5.97 Å². The zero-order valence-electron chi connectivity index (χ0n) is 9.14. The molecule has 1 atom stereocenters. The number of hydrogen-bond donors (Lipinski definition) is 2. The van der Waals surface area contributed by atoms with E-state index in [2.05, 4.69) is 5.32 Å². The van der Waals surface area contributed by atoms with Crippen molar-refractivity contribution in [2.24, 2.45) is 0 Å². The third-order valence-electron chi connectivity index (χ3n) is 2.22. The summed E-state index contributed by atoms with van der Waals surface area (Å²) in [6.07, 6.45) is 1.15. The first kappa shape index (κ1) is 12.2. The van der Waals surface area contributed by atoms with Gasteiger partial charge < -0.3 is 10.4 Å². The third kappa shape index (κ3) is 3.38. The Morgan fingerprint density at radius 1 is 1.31 bits per heavy atom. The van der Waals surface area contributed by atoms with Crippen molar-refractivity contribution >= 4 is 11.9 Å². The van der Waals surface area contributed by atoms with Gasteiger partial charge in [-0.3, -0.25) is 4.79 Å². The molecule has 0 saturated carbocycles. The summed E-state index contributed by atoms with van der Waals surface area (Å²) in [7, 11) is 0. The first-order valence-electron chi connectivity index (χ1n) is 5.24. The normalized spacial score (nSPS) is 11.8. The largest absolute Gasteiger partial charge is 0.480 e. The Morgan fingerprint density at radius 3 is 2.44 bits per heavy atom. The van der Waals surface area contributed by atoms with Crippen LogP contribution in [0.4, 0.5) is 0 Å². The number of carbonyl (C=O) groups is 2. The minimum Gasteiger partial charge on any atom is -0.480 e. The van der Waals surface area contributed by atoms with E-state index in [1.54, 1.807) is 30.3 Å². The first-order chi connectivity index (χ1) is 7.65. The Hall–Kier alpha value is -1.84. The summed E-state index contributed by atoms with van der Waals surface area (Å²) >= 11 is 0. The van der Waals surface area contributed by atoms with Gasteiger partial charge in [0.05, 0.1) is 0 Å². The van der Waals surface area contributed by atoms with Crippen molar-refractivity contribution in [3.8, 4) is 0 Å². The van der Waals surface area contributed by atoms with Crippen LogP contribution in [-0.4, -0.2) is 23.0 Å². The fourth-order valence-electron chi connectivity index (χ4n) is 1.38. The second-order valence-corrected chi connectivity index (χ2v) is 3.52. The Bertz CT molecular complexity index is 362. The fraction of sp³-hybridized carbons (Fsp3) is 0.333. The number of carboxylic acids is 1. The van der Waals surface area contributed by atoms with Crippen LogP contribution in [0.5, 0.6) is 0 Å². The summed E-state index contributed by atoms with van der Waals surface area (Å²) in [6.45, 7) is 1.88.